The van der Waals surface area contributed by atoms with Gasteiger partial charge in [-0.1, -0.05) is 12.1 Å². The maximum absolute atomic E-state index is 12.3. The summed E-state index contributed by atoms with van der Waals surface area (Å²) in [5.41, 5.74) is 0.860. The van der Waals surface area contributed by atoms with Gasteiger partial charge in [-0.25, -0.2) is 0 Å². The molecule has 1 aliphatic heterocycles. The van der Waals surface area contributed by atoms with Crippen LogP contribution in [0.5, 0.6) is 0 Å². The lowest BCUT2D eigenvalue weighted by Gasteiger charge is -2.20. The van der Waals surface area contributed by atoms with Gasteiger partial charge in [0.2, 0.25) is 0 Å². The highest BCUT2D eigenvalue weighted by atomic mass is 127. The van der Waals surface area contributed by atoms with Crippen LogP contribution in [0, 0.1) is 3.57 Å². The van der Waals surface area contributed by atoms with Gasteiger partial charge in [-0.2, -0.15) is 0 Å². The molecule has 80 valence electrons. The molecule has 0 aliphatic carbocycles. The number of carbonyl (C=O) groups excluding carboxylic acids is 1. The molecule has 1 aromatic rings. The minimum Gasteiger partial charge on any atom is -0.293 e. The molecule has 2 rings (SSSR count). The number of hydrogen-bond donors (Lipinski definition) is 0. The summed E-state index contributed by atoms with van der Waals surface area (Å²) in [6.07, 6.45) is 2.18. The second-order valence-corrected chi connectivity index (χ2v) is 6.87. The number of benzene rings is 1. The van der Waals surface area contributed by atoms with Crippen LogP contribution in [0.3, 0.4) is 0 Å². The fourth-order valence-corrected chi connectivity index (χ4v) is 3.71. The molecular formula is C12H13IOS. The Labute approximate surface area is 108 Å². The molecule has 1 unspecified atom stereocenters. The van der Waals surface area contributed by atoms with Gasteiger partial charge in [0.25, 0.3) is 0 Å². The number of halogens is 1. The lowest BCUT2D eigenvalue weighted by Crippen LogP contribution is -2.28. The van der Waals surface area contributed by atoms with Crippen molar-refractivity contribution in [3.05, 3.63) is 33.4 Å². The van der Waals surface area contributed by atoms with Gasteiger partial charge in [0.05, 0.1) is 4.75 Å². The fraction of sp³-hybridized carbons (Fsp3) is 0.417. The monoisotopic (exact) mass is 332 g/mol. The van der Waals surface area contributed by atoms with Gasteiger partial charge in [0.15, 0.2) is 5.78 Å². The summed E-state index contributed by atoms with van der Waals surface area (Å²) in [6.45, 7) is 2.08. The highest BCUT2D eigenvalue weighted by Crippen LogP contribution is 2.40. The summed E-state index contributed by atoms with van der Waals surface area (Å²) in [6, 6.07) is 7.88. The summed E-state index contributed by atoms with van der Waals surface area (Å²) >= 11 is 4.05. The molecule has 0 spiro atoms. The van der Waals surface area contributed by atoms with E-state index in [9.17, 15) is 4.79 Å². The molecule has 0 aromatic heterocycles. The van der Waals surface area contributed by atoms with Crippen molar-refractivity contribution in [1.29, 1.82) is 0 Å². The predicted molar refractivity (Wildman–Crippen MR) is 73.6 cm³/mol. The highest BCUT2D eigenvalue weighted by Gasteiger charge is 2.37. The van der Waals surface area contributed by atoms with Crippen molar-refractivity contribution in [1.82, 2.24) is 0 Å². The van der Waals surface area contributed by atoms with Crippen molar-refractivity contribution < 1.29 is 4.79 Å². The van der Waals surface area contributed by atoms with Crippen LogP contribution in [0.15, 0.2) is 24.3 Å². The van der Waals surface area contributed by atoms with Crippen molar-refractivity contribution in [3.63, 3.8) is 0 Å². The third kappa shape index (κ3) is 2.38. The lowest BCUT2D eigenvalue weighted by molar-refractivity contribution is 0.0949. The summed E-state index contributed by atoms with van der Waals surface area (Å²) in [5, 5.41) is 0. The lowest BCUT2D eigenvalue weighted by atomic mass is 9.95. The van der Waals surface area contributed by atoms with E-state index in [4.69, 9.17) is 0 Å². The van der Waals surface area contributed by atoms with Gasteiger partial charge in [0, 0.05) is 9.13 Å². The maximum atomic E-state index is 12.3. The molecule has 1 aliphatic rings. The number of Topliss-reactive ketones (excluding diaryl/α,β-unsaturated/α-hetero) is 1. The van der Waals surface area contributed by atoms with Gasteiger partial charge in [-0.3, -0.25) is 4.79 Å². The first-order chi connectivity index (χ1) is 7.12. The molecular weight excluding hydrogens is 319 g/mol. The van der Waals surface area contributed by atoms with Crippen LogP contribution >= 0.6 is 34.4 Å². The first kappa shape index (κ1) is 11.5. The molecule has 1 aromatic carbocycles. The summed E-state index contributed by atoms with van der Waals surface area (Å²) < 4.78 is 0.954. The average molecular weight is 332 g/mol. The molecule has 0 N–H and O–H groups in total. The van der Waals surface area contributed by atoms with E-state index >= 15 is 0 Å². The number of ketones is 1. The number of rotatable bonds is 2. The van der Waals surface area contributed by atoms with Gasteiger partial charge >= 0.3 is 0 Å². The number of carbonyl (C=O) groups is 1. The molecule has 0 amide bonds. The minimum atomic E-state index is -0.176. The molecule has 1 saturated heterocycles. The molecule has 15 heavy (non-hydrogen) atoms. The van der Waals surface area contributed by atoms with Gasteiger partial charge in [0.1, 0.15) is 0 Å². The second kappa shape index (κ2) is 4.45. The molecule has 1 fully saturated rings. The smallest absolute Gasteiger partial charge is 0.178 e. The van der Waals surface area contributed by atoms with E-state index in [0.717, 1.165) is 27.7 Å². The van der Waals surface area contributed by atoms with Crippen LogP contribution in [0.25, 0.3) is 0 Å². The van der Waals surface area contributed by atoms with E-state index in [-0.39, 0.29) is 4.75 Å². The van der Waals surface area contributed by atoms with Crippen LogP contribution in [-0.4, -0.2) is 16.3 Å². The van der Waals surface area contributed by atoms with E-state index in [1.54, 1.807) is 11.8 Å². The SMILES string of the molecule is CC1(C(=O)c2cccc(I)c2)CCCS1. The summed E-state index contributed by atoms with van der Waals surface area (Å²) in [5.74, 6) is 1.41. The van der Waals surface area contributed by atoms with E-state index in [0.29, 0.717) is 5.78 Å². The normalized spacial score (nSPS) is 25.5. The number of hydrogen-bond acceptors (Lipinski definition) is 2. The van der Waals surface area contributed by atoms with Crippen LogP contribution < -0.4 is 0 Å². The van der Waals surface area contributed by atoms with Crippen molar-refractivity contribution in [3.8, 4) is 0 Å². The Hall–Kier alpha value is -0.0300. The summed E-state index contributed by atoms with van der Waals surface area (Å²) in [7, 11) is 0. The van der Waals surface area contributed by atoms with Crippen LogP contribution in [0.1, 0.15) is 30.1 Å². The van der Waals surface area contributed by atoms with Crippen molar-refractivity contribution in [2.45, 2.75) is 24.5 Å². The predicted octanol–water partition coefficient (Wildman–Crippen LogP) is 3.76. The van der Waals surface area contributed by atoms with Crippen LogP contribution in [-0.2, 0) is 0 Å². The van der Waals surface area contributed by atoms with Crippen molar-refractivity contribution in [2.75, 3.05) is 5.75 Å². The minimum absolute atomic E-state index is 0.176. The zero-order valence-corrected chi connectivity index (χ0v) is 11.6. The zero-order valence-electron chi connectivity index (χ0n) is 8.63. The van der Waals surface area contributed by atoms with Crippen molar-refractivity contribution in [2.24, 2.45) is 0 Å². The third-order valence-corrected chi connectivity index (χ3v) is 4.98. The molecule has 1 nitrogen and oxygen atoms in total. The number of thioether (sulfide) groups is 1. The van der Waals surface area contributed by atoms with Crippen LogP contribution in [0.4, 0.5) is 0 Å². The Morgan fingerprint density at radius 3 is 2.93 bits per heavy atom. The molecule has 3 heteroatoms. The highest BCUT2D eigenvalue weighted by molar-refractivity contribution is 14.1. The van der Waals surface area contributed by atoms with E-state index in [1.807, 2.05) is 24.3 Å². The summed E-state index contributed by atoms with van der Waals surface area (Å²) in [4.78, 5) is 12.3. The van der Waals surface area contributed by atoms with E-state index in [2.05, 4.69) is 29.5 Å². The molecule has 1 atom stereocenters. The Morgan fingerprint density at radius 1 is 1.53 bits per heavy atom. The first-order valence-electron chi connectivity index (χ1n) is 5.06. The van der Waals surface area contributed by atoms with E-state index < -0.39 is 0 Å². The van der Waals surface area contributed by atoms with Crippen molar-refractivity contribution >= 4 is 40.1 Å². The van der Waals surface area contributed by atoms with Gasteiger partial charge in [-0.15, -0.1) is 11.8 Å². The molecule has 0 saturated carbocycles. The Kier molecular flexibility index (Phi) is 3.40. The Bertz CT molecular complexity index is 383. The largest absolute Gasteiger partial charge is 0.293 e. The topological polar surface area (TPSA) is 17.1 Å². The Morgan fingerprint density at radius 2 is 2.33 bits per heavy atom. The fourth-order valence-electron chi connectivity index (χ4n) is 1.89. The van der Waals surface area contributed by atoms with E-state index in [1.165, 1.54) is 0 Å². The van der Waals surface area contributed by atoms with Gasteiger partial charge < -0.3 is 0 Å². The molecule has 1 heterocycles. The maximum Gasteiger partial charge on any atom is 0.178 e. The standard InChI is InChI=1S/C12H13IOS/c1-12(6-3-7-15-12)11(14)9-4-2-5-10(13)8-9/h2,4-5,8H,3,6-7H2,1H3. The Balaban J connectivity index is 2.27. The molecule has 0 bridgehead atoms. The van der Waals surface area contributed by atoms with Crippen LogP contribution in [0.2, 0.25) is 0 Å². The zero-order chi connectivity index (χ0) is 10.9. The first-order valence-corrected chi connectivity index (χ1v) is 7.13. The quantitative estimate of drug-likeness (QED) is 0.606. The second-order valence-electron chi connectivity index (χ2n) is 4.02. The molecule has 0 radical (unpaired) electrons. The average Bonchev–Trinajstić information content (AvgIpc) is 2.65. The van der Waals surface area contributed by atoms with Gasteiger partial charge in [-0.05, 0) is 60.2 Å². The third-order valence-electron chi connectivity index (χ3n) is 2.79.